The van der Waals surface area contributed by atoms with Gasteiger partial charge in [0.05, 0.1) is 4.88 Å². The van der Waals surface area contributed by atoms with E-state index in [-0.39, 0.29) is 23.5 Å². The number of hydrogen-bond acceptors (Lipinski definition) is 3. The molecule has 1 fully saturated rings. The molecule has 1 unspecified atom stereocenters. The molecule has 1 aromatic carbocycles. The number of nitrogens with zero attached hydrogens (tertiary/aromatic N) is 1. The van der Waals surface area contributed by atoms with E-state index in [4.69, 9.17) is 0 Å². The zero-order valence-corrected chi connectivity index (χ0v) is 16.0. The molecular weight excluding hydrogens is 363 g/mol. The Balaban J connectivity index is 1.37. The molecule has 1 aliphatic heterocycles. The Labute approximate surface area is 162 Å². The van der Waals surface area contributed by atoms with Crippen LogP contribution in [-0.2, 0) is 24.2 Å². The summed E-state index contributed by atoms with van der Waals surface area (Å²) in [5.74, 6) is -0.240. The maximum Gasteiger partial charge on any atom is 0.263 e. The smallest absolute Gasteiger partial charge is 0.263 e. The molecule has 0 spiro atoms. The second-order valence-corrected chi connectivity index (χ2v) is 8.48. The maximum atomic E-state index is 13.2. The summed E-state index contributed by atoms with van der Waals surface area (Å²) in [7, 11) is 0. The van der Waals surface area contributed by atoms with Gasteiger partial charge in [0.15, 0.2) is 0 Å². The predicted molar refractivity (Wildman–Crippen MR) is 103 cm³/mol. The van der Waals surface area contributed by atoms with Crippen LogP contribution < -0.4 is 5.32 Å². The standard InChI is InChI=1S/C21H23FN2O2S/c22-17-5-3-4-14(10-17)13-23-20(25)15-6-7-18-16(11-15)12-19(27-18)21(26)24-8-1-2-9-24/h3-5,10,12,15H,1-2,6-9,11,13H2,(H,23,25). The van der Waals surface area contributed by atoms with E-state index >= 15 is 0 Å². The minimum atomic E-state index is -0.294. The molecule has 1 saturated heterocycles. The molecule has 2 aromatic rings. The monoisotopic (exact) mass is 386 g/mol. The van der Waals surface area contributed by atoms with Crippen molar-refractivity contribution in [2.24, 2.45) is 5.92 Å². The number of hydrogen-bond donors (Lipinski definition) is 1. The predicted octanol–water partition coefficient (Wildman–Crippen LogP) is 3.54. The third kappa shape index (κ3) is 4.05. The van der Waals surface area contributed by atoms with Crippen molar-refractivity contribution in [1.82, 2.24) is 10.2 Å². The maximum absolute atomic E-state index is 13.2. The van der Waals surface area contributed by atoms with Gasteiger partial charge in [-0.25, -0.2) is 4.39 Å². The summed E-state index contributed by atoms with van der Waals surface area (Å²) in [6, 6.07) is 8.28. The summed E-state index contributed by atoms with van der Waals surface area (Å²) in [5, 5.41) is 2.92. The Morgan fingerprint density at radius 3 is 2.81 bits per heavy atom. The Hall–Kier alpha value is -2.21. The van der Waals surface area contributed by atoms with Crippen LogP contribution in [0, 0.1) is 11.7 Å². The van der Waals surface area contributed by atoms with Crippen LogP contribution in [0.3, 0.4) is 0 Å². The number of amides is 2. The van der Waals surface area contributed by atoms with Crippen molar-refractivity contribution in [2.45, 2.75) is 38.6 Å². The molecule has 2 amide bonds. The molecule has 0 bridgehead atoms. The number of carbonyl (C=O) groups is 2. The molecule has 2 heterocycles. The molecule has 1 aliphatic carbocycles. The van der Waals surface area contributed by atoms with Crippen LogP contribution in [-0.4, -0.2) is 29.8 Å². The van der Waals surface area contributed by atoms with Gasteiger partial charge < -0.3 is 10.2 Å². The fourth-order valence-electron chi connectivity index (χ4n) is 3.91. The van der Waals surface area contributed by atoms with Gasteiger partial charge in [-0.05, 0) is 61.4 Å². The Bertz CT molecular complexity index is 858. The second kappa shape index (κ2) is 7.80. The normalized spacial score (nSPS) is 19.0. The van der Waals surface area contributed by atoms with Crippen LogP contribution in [0.1, 0.15) is 44.9 Å². The first-order valence-corrected chi connectivity index (χ1v) is 10.3. The number of thiophene rings is 1. The number of aryl methyl sites for hydroxylation is 1. The largest absolute Gasteiger partial charge is 0.352 e. The number of nitrogens with one attached hydrogen (secondary N) is 1. The van der Waals surface area contributed by atoms with Crippen LogP contribution in [0.15, 0.2) is 30.3 Å². The summed E-state index contributed by atoms with van der Waals surface area (Å²) in [5.41, 5.74) is 1.90. The van der Waals surface area contributed by atoms with Gasteiger partial charge in [0.1, 0.15) is 5.82 Å². The molecule has 6 heteroatoms. The molecule has 1 N–H and O–H groups in total. The Morgan fingerprint density at radius 1 is 1.22 bits per heavy atom. The molecule has 142 valence electrons. The van der Waals surface area contributed by atoms with Crippen molar-refractivity contribution in [1.29, 1.82) is 0 Å². The van der Waals surface area contributed by atoms with Crippen molar-refractivity contribution >= 4 is 23.2 Å². The van der Waals surface area contributed by atoms with E-state index in [9.17, 15) is 14.0 Å². The average Bonchev–Trinajstić information content (AvgIpc) is 3.34. The van der Waals surface area contributed by atoms with E-state index < -0.39 is 0 Å². The quantitative estimate of drug-likeness (QED) is 0.874. The first-order chi connectivity index (χ1) is 13.1. The summed E-state index contributed by atoms with van der Waals surface area (Å²) < 4.78 is 13.2. The molecule has 4 nitrogen and oxygen atoms in total. The van der Waals surface area contributed by atoms with Crippen LogP contribution in [0.4, 0.5) is 4.39 Å². The van der Waals surface area contributed by atoms with Gasteiger partial charge in [-0.15, -0.1) is 11.3 Å². The van der Waals surface area contributed by atoms with E-state index in [1.165, 1.54) is 17.0 Å². The molecular formula is C21H23FN2O2S. The molecule has 2 aliphatic rings. The lowest BCUT2D eigenvalue weighted by atomic mass is 9.87. The molecule has 4 rings (SSSR count). The fourth-order valence-corrected chi connectivity index (χ4v) is 5.09. The van der Waals surface area contributed by atoms with Crippen molar-refractivity contribution in [3.05, 3.63) is 57.0 Å². The second-order valence-electron chi connectivity index (χ2n) is 7.35. The van der Waals surface area contributed by atoms with Gasteiger partial charge in [0, 0.05) is 30.4 Å². The molecule has 27 heavy (non-hydrogen) atoms. The number of rotatable bonds is 4. The number of carbonyl (C=O) groups excluding carboxylic acids is 2. The van der Waals surface area contributed by atoms with E-state index in [0.717, 1.165) is 54.8 Å². The van der Waals surface area contributed by atoms with E-state index in [1.54, 1.807) is 23.5 Å². The molecule has 1 aromatic heterocycles. The highest BCUT2D eigenvalue weighted by Gasteiger charge is 2.29. The third-order valence-electron chi connectivity index (χ3n) is 5.41. The Morgan fingerprint density at radius 2 is 2.04 bits per heavy atom. The van der Waals surface area contributed by atoms with Gasteiger partial charge >= 0.3 is 0 Å². The number of benzene rings is 1. The highest BCUT2D eigenvalue weighted by molar-refractivity contribution is 7.14. The van der Waals surface area contributed by atoms with Crippen molar-refractivity contribution in [3.8, 4) is 0 Å². The number of halogens is 1. The molecule has 1 atom stereocenters. The van der Waals surface area contributed by atoms with Gasteiger partial charge in [-0.2, -0.15) is 0 Å². The minimum Gasteiger partial charge on any atom is -0.352 e. The molecule has 0 saturated carbocycles. The summed E-state index contributed by atoms with van der Waals surface area (Å²) >= 11 is 1.59. The van der Waals surface area contributed by atoms with Gasteiger partial charge in [-0.3, -0.25) is 9.59 Å². The highest BCUT2D eigenvalue weighted by atomic mass is 32.1. The van der Waals surface area contributed by atoms with Crippen LogP contribution in [0.25, 0.3) is 0 Å². The van der Waals surface area contributed by atoms with Crippen molar-refractivity contribution in [3.63, 3.8) is 0 Å². The van der Waals surface area contributed by atoms with Crippen LogP contribution in [0.5, 0.6) is 0 Å². The van der Waals surface area contributed by atoms with E-state index in [2.05, 4.69) is 5.32 Å². The summed E-state index contributed by atoms with van der Waals surface area (Å²) in [6.07, 6.45) is 4.48. The van der Waals surface area contributed by atoms with Gasteiger partial charge in [0.25, 0.3) is 5.91 Å². The third-order valence-corrected chi connectivity index (χ3v) is 6.64. The topological polar surface area (TPSA) is 49.4 Å². The van der Waals surface area contributed by atoms with Gasteiger partial charge in [-0.1, -0.05) is 12.1 Å². The minimum absolute atomic E-state index is 0.00327. The lowest BCUT2D eigenvalue weighted by molar-refractivity contribution is -0.125. The zero-order valence-electron chi connectivity index (χ0n) is 15.2. The molecule has 0 radical (unpaired) electrons. The van der Waals surface area contributed by atoms with Crippen LogP contribution in [0.2, 0.25) is 0 Å². The lowest BCUT2D eigenvalue weighted by Crippen LogP contribution is -2.33. The van der Waals surface area contributed by atoms with Crippen LogP contribution >= 0.6 is 11.3 Å². The van der Waals surface area contributed by atoms with Gasteiger partial charge in [0.2, 0.25) is 5.91 Å². The lowest BCUT2D eigenvalue weighted by Gasteiger charge is -2.21. The van der Waals surface area contributed by atoms with Crippen molar-refractivity contribution in [2.75, 3.05) is 13.1 Å². The summed E-state index contributed by atoms with van der Waals surface area (Å²) in [4.78, 5) is 29.1. The first kappa shape index (κ1) is 18.2. The Kier molecular flexibility index (Phi) is 5.25. The SMILES string of the molecule is O=C(NCc1cccc(F)c1)C1CCc2sc(C(=O)N3CCCC3)cc2C1. The highest BCUT2D eigenvalue weighted by Crippen LogP contribution is 2.33. The average molecular weight is 386 g/mol. The number of likely N-dealkylation sites (tertiary alicyclic amines) is 1. The first-order valence-electron chi connectivity index (χ1n) is 9.53. The summed E-state index contributed by atoms with van der Waals surface area (Å²) in [6.45, 7) is 2.04. The zero-order chi connectivity index (χ0) is 18.8. The number of fused-ring (bicyclic) bond motifs is 1. The van der Waals surface area contributed by atoms with E-state index in [1.807, 2.05) is 11.0 Å². The van der Waals surface area contributed by atoms with Crippen molar-refractivity contribution < 1.29 is 14.0 Å². The fraction of sp³-hybridized carbons (Fsp3) is 0.429. The van der Waals surface area contributed by atoms with E-state index in [0.29, 0.717) is 13.0 Å².